The van der Waals surface area contributed by atoms with Crippen LogP contribution in [0, 0.1) is 0 Å². The Balaban J connectivity index is 1.74. The van der Waals surface area contributed by atoms with Gasteiger partial charge in [-0.05, 0) is 23.8 Å². The molecule has 1 aliphatic heterocycles. The van der Waals surface area contributed by atoms with Gasteiger partial charge in [-0.25, -0.2) is 4.98 Å². The van der Waals surface area contributed by atoms with Gasteiger partial charge < -0.3 is 10.1 Å². The van der Waals surface area contributed by atoms with Crippen LogP contribution >= 0.6 is 0 Å². The molecular formula is C15H16N2O2S. The molecule has 1 N–H and O–H groups in total. The fourth-order valence-electron chi connectivity index (χ4n) is 1.99. The molecule has 1 aromatic heterocycles. The van der Waals surface area contributed by atoms with E-state index in [0.717, 1.165) is 30.0 Å². The van der Waals surface area contributed by atoms with Gasteiger partial charge in [0.2, 0.25) is 0 Å². The summed E-state index contributed by atoms with van der Waals surface area (Å²) in [5, 5.41) is 3.78. The van der Waals surface area contributed by atoms with Gasteiger partial charge in [0.05, 0.1) is 10.8 Å². The van der Waals surface area contributed by atoms with E-state index in [-0.39, 0.29) is 0 Å². The summed E-state index contributed by atoms with van der Waals surface area (Å²) in [6, 6.07) is 11.7. The highest BCUT2D eigenvalue weighted by molar-refractivity contribution is 7.84. The van der Waals surface area contributed by atoms with Crippen molar-refractivity contribution in [3.8, 4) is 16.9 Å². The van der Waals surface area contributed by atoms with E-state index in [2.05, 4.69) is 10.3 Å². The molecule has 2 heterocycles. The zero-order valence-electron chi connectivity index (χ0n) is 11.2. The average molecular weight is 288 g/mol. The normalized spacial score (nSPS) is 16.4. The van der Waals surface area contributed by atoms with Gasteiger partial charge >= 0.3 is 0 Å². The van der Waals surface area contributed by atoms with Crippen LogP contribution in [0.2, 0.25) is 0 Å². The lowest BCUT2D eigenvalue weighted by Crippen LogP contribution is -2.50. The maximum absolute atomic E-state index is 11.3. The molecule has 1 aromatic carbocycles. The number of benzene rings is 1. The van der Waals surface area contributed by atoms with Crippen molar-refractivity contribution >= 4 is 10.8 Å². The summed E-state index contributed by atoms with van der Waals surface area (Å²) in [5.74, 6) is 0.888. The van der Waals surface area contributed by atoms with Gasteiger partial charge in [-0.3, -0.25) is 4.21 Å². The number of nitrogens with zero attached hydrogens (tertiary/aromatic N) is 1. The summed E-state index contributed by atoms with van der Waals surface area (Å²) in [4.78, 5) is 4.21. The van der Waals surface area contributed by atoms with Crippen molar-refractivity contribution in [3.63, 3.8) is 0 Å². The Bertz CT molecular complexity index is 607. The van der Waals surface area contributed by atoms with Crippen LogP contribution < -0.4 is 10.1 Å². The second-order valence-electron chi connectivity index (χ2n) is 4.76. The summed E-state index contributed by atoms with van der Waals surface area (Å²) in [7, 11) is -1.04. The Morgan fingerprint density at radius 2 is 1.85 bits per heavy atom. The van der Waals surface area contributed by atoms with Crippen LogP contribution in [-0.2, 0) is 10.8 Å². The second-order valence-corrected chi connectivity index (χ2v) is 6.09. The number of rotatable bonds is 4. The lowest BCUT2D eigenvalue weighted by molar-refractivity contribution is 0.142. The summed E-state index contributed by atoms with van der Waals surface area (Å²) in [6.45, 7) is 1.84. The molecule has 1 aliphatic rings. The van der Waals surface area contributed by atoms with E-state index < -0.39 is 10.8 Å². The van der Waals surface area contributed by atoms with Crippen molar-refractivity contribution < 1.29 is 8.95 Å². The number of aromatic nitrogens is 1. The van der Waals surface area contributed by atoms with Gasteiger partial charge in [-0.2, -0.15) is 0 Å². The maximum Gasteiger partial charge on any atom is 0.126 e. The predicted octanol–water partition coefficient (Wildman–Crippen LogP) is 1.84. The fourth-order valence-corrected chi connectivity index (χ4v) is 2.45. The zero-order chi connectivity index (χ0) is 13.9. The first-order valence-electron chi connectivity index (χ1n) is 6.50. The van der Waals surface area contributed by atoms with E-state index in [0.29, 0.717) is 11.1 Å². The van der Waals surface area contributed by atoms with Gasteiger partial charge in [0.15, 0.2) is 0 Å². The monoisotopic (exact) mass is 288 g/mol. The van der Waals surface area contributed by atoms with Crippen molar-refractivity contribution in [2.75, 3.05) is 19.3 Å². The molecule has 3 rings (SSSR count). The molecule has 0 spiro atoms. The highest BCUT2D eigenvalue weighted by Gasteiger charge is 2.17. The summed E-state index contributed by atoms with van der Waals surface area (Å²) < 4.78 is 17.1. The minimum absolute atomic E-state index is 0.293. The Morgan fingerprint density at radius 3 is 2.35 bits per heavy atom. The molecule has 0 radical (unpaired) electrons. The molecule has 4 nitrogen and oxygen atoms in total. The molecule has 1 atom stereocenters. The number of ether oxygens (including phenoxy) is 1. The Hall–Kier alpha value is -1.72. The van der Waals surface area contributed by atoms with E-state index in [1.807, 2.05) is 30.3 Å². The largest absolute Gasteiger partial charge is 0.488 e. The van der Waals surface area contributed by atoms with Gasteiger partial charge in [0, 0.05) is 31.1 Å². The summed E-state index contributed by atoms with van der Waals surface area (Å²) >= 11 is 0. The first-order chi connectivity index (χ1) is 9.72. The molecule has 1 saturated heterocycles. The summed E-state index contributed by atoms with van der Waals surface area (Å²) in [6.07, 6.45) is 3.67. The summed E-state index contributed by atoms with van der Waals surface area (Å²) in [5.41, 5.74) is 2.08. The predicted molar refractivity (Wildman–Crippen MR) is 79.3 cm³/mol. The minimum atomic E-state index is -1.04. The Labute approximate surface area is 120 Å². The Kier molecular flexibility index (Phi) is 3.80. The molecule has 5 heteroatoms. The fraction of sp³-hybridized carbons (Fsp3) is 0.267. The highest BCUT2D eigenvalue weighted by Crippen LogP contribution is 2.23. The van der Waals surface area contributed by atoms with E-state index in [9.17, 15) is 4.21 Å². The number of pyridine rings is 1. The van der Waals surface area contributed by atoms with Gasteiger partial charge in [0.1, 0.15) is 16.9 Å². The van der Waals surface area contributed by atoms with Gasteiger partial charge in [0.25, 0.3) is 0 Å². The minimum Gasteiger partial charge on any atom is -0.488 e. The topological polar surface area (TPSA) is 51.2 Å². The third-order valence-electron chi connectivity index (χ3n) is 3.27. The molecule has 0 saturated carbocycles. The lowest BCUT2D eigenvalue weighted by atomic mass is 10.1. The van der Waals surface area contributed by atoms with Crippen LogP contribution in [0.5, 0.6) is 5.75 Å². The van der Waals surface area contributed by atoms with Crippen LogP contribution in [-0.4, -0.2) is 34.6 Å². The standard InChI is InChI=1S/C15H16N2O2S/c1-20(18)15-7-4-12(8-17-15)11-2-5-13(6-3-11)19-14-9-16-10-14/h2-8,14,16H,9-10H2,1H3. The van der Waals surface area contributed by atoms with Crippen LogP contribution in [0.15, 0.2) is 47.6 Å². The smallest absolute Gasteiger partial charge is 0.126 e. The molecule has 0 bridgehead atoms. The van der Waals surface area contributed by atoms with E-state index in [1.54, 1.807) is 18.5 Å². The van der Waals surface area contributed by atoms with Crippen molar-refractivity contribution in [1.82, 2.24) is 10.3 Å². The molecule has 104 valence electrons. The average Bonchev–Trinajstić information content (AvgIpc) is 2.44. The quantitative estimate of drug-likeness (QED) is 0.932. The molecule has 0 aliphatic carbocycles. The third kappa shape index (κ3) is 2.89. The lowest BCUT2D eigenvalue weighted by Gasteiger charge is -2.27. The molecule has 20 heavy (non-hydrogen) atoms. The first-order valence-corrected chi connectivity index (χ1v) is 8.05. The number of nitrogens with one attached hydrogen (secondary N) is 1. The highest BCUT2D eigenvalue weighted by atomic mass is 32.2. The third-order valence-corrected chi connectivity index (χ3v) is 4.10. The number of hydrogen-bond acceptors (Lipinski definition) is 4. The van der Waals surface area contributed by atoms with E-state index in [1.165, 1.54) is 0 Å². The van der Waals surface area contributed by atoms with Crippen LogP contribution in [0.3, 0.4) is 0 Å². The van der Waals surface area contributed by atoms with Crippen molar-refractivity contribution in [1.29, 1.82) is 0 Å². The SMILES string of the molecule is CS(=O)c1ccc(-c2ccc(OC3CNC3)cc2)cn1. The van der Waals surface area contributed by atoms with E-state index in [4.69, 9.17) is 4.74 Å². The first kappa shape index (κ1) is 13.3. The van der Waals surface area contributed by atoms with Crippen molar-refractivity contribution in [2.45, 2.75) is 11.1 Å². The van der Waals surface area contributed by atoms with E-state index >= 15 is 0 Å². The second kappa shape index (κ2) is 5.73. The molecule has 2 aromatic rings. The zero-order valence-corrected chi connectivity index (χ0v) is 12.0. The van der Waals surface area contributed by atoms with Crippen LogP contribution in [0.1, 0.15) is 0 Å². The van der Waals surface area contributed by atoms with Crippen LogP contribution in [0.4, 0.5) is 0 Å². The van der Waals surface area contributed by atoms with Gasteiger partial charge in [-0.15, -0.1) is 0 Å². The van der Waals surface area contributed by atoms with Crippen molar-refractivity contribution in [3.05, 3.63) is 42.6 Å². The Morgan fingerprint density at radius 1 is 1.15 bits per heavy atom. The van der Waals surface area contributed by atoms with Crippen molar-refractivity contribution in [2.24, 2.45) is 0 Å². The molecule has 1 unspecified atom stereocenters. The number of hydrogen-bond donors (Lipinski definition) is 1. The molecule has 0 amide bonds. The molecular weight excluding hydrogens is 272 g/mol. The maximum atomic E-state index is 11.3. The molecule has 1 fully saturated rings. The van der Waals surface area contributed by atoms with Gasteiger partial charge in [-0.1, -0.05) is 18.2 Å². The van der Waals surface area contributed by atoms with Crippen LogP contribution in [0.25, 0.3) is 11.1 Å².